The third kappa shape index (κ3) is 2.54. The summed E-state index contributed by atoms with van der Waals surface area (Å²) in [5, 5.41) is 3.31. The molecule has 0 fully saturated rings. The zero-order valence-corrected chi connectivity index (χ0v) is 12.3. The first-order valence-electron chi connectivity index (χ1n) is 6.90. The molecule has 1 atom stereocenters. The molecule has 21 heavy (non-hydrogen) atoms. The Kier molecular flexibility index (Phi) is 3.25. The van der Waals surface area contributed by atoms with Crippen LogP contribution in [0.25, 0.3) is 11.0 Å². The van der Waals surface area contributed by atoms with Crippen molar-refractivity contribution in [3.8, 4) is 0 Å². The Balaban J connectivity index is 1.94. The number of para-hydroxylation sites is 2. The highest BCUT2D eigenvalue weighted by Gasteiger charge is 2.15. The van der Waals surface area contributed by atoms with E-state index in [0.717, 1.165) is 28.1 Å². The fraction of sp³-hybridized carbons (Fsp3) is 0.250. The van der Waals surface area contributed by atoms with Crippen LogP contribution in [0.15, 0.2) is 34.7 Å². The van der Waals surface area contributed by atoms with Gasteiger partial charge in [-0.25, -0.2) is 9.97 Å². The highest BCUT2D eigenvalue weighted by atomic mass is 16.3. The highest BCUT2D eigenvalue weighted by molar-refractivity contribution is 5.79. The van der Waals surface area contributed by atoms with Crippen LogP contribution in [0, 0.1) is 13.8 Å². The second-order valence-electron chi connectivity index (χ2n) is 5.18. The number of nitrogens with two attached hydrogens (primary N) is 1. The predicted molar refractivity (Wildman–Crippen MR) is 84.2 cm³/mol. The van der Waals surface area contributed by atoms with Gasteiger partial charge in [-0.2, -0.15) is 0 Å². The van der Waals surface area contributed by atoms with E-state index in [2.05, 4.69) is 15.3 Å². The number of rotatable bonds is 3. The molecule has 0 aliphatic rings. The number of nitrogens with one attached hydrogen (secondary N) is 1. The van der Waals surface area contributed by atoms with Crippen molar-refractivity contribution in [2.75, 3.05) is 11.1 Å². The maximum atomic E-state index is 6.00. The van der Waals surface area contributed by atoms with Crippen LogP contribution in [0.1, 0.15) is 30.0 Å². The summed E-state index contributed by atoms with van der Waals surface area (Å²) in [6, 6.07) is 9.74. The summed E-state index contributed by atoms with van der Waals surface area (Å²) < 4.78 is 5.57. The van der Waals surface area contributed by atoms with Gasteiger partial charge in [-0.05, 0) is 39.0 Å². The first-order chi connectivity index (χ1) is 10.0. The lowest BCUT2D eigenvalue weighted by Crippen LogP contribution is -2.11. The molecule has 1 aromatic carbocycles. The van der Waals surface area contributed by atoms with Crippen molar-refractivity contribution in [2.45, 2.75) is 26.8 Å². The summed E-state index contributed by atoms with van der Waals surface area (Å²) >= 11 is 0. The monoisotopic (exact) mass is 282 g/mol. The Bertz CT molecular complexity index is 794. The predicted octanol–water partition coefficient (Wildman–Crippen LogP) is 3.59. The standard InChI is InChI=1S/C16H18N4O/c1-9-8-12(11(3)21-9)10(2)18-16-15(17)19-13-6-4-5-7-14(13)20-16/h4-8,10H,1-3H3,(H2,17,19)(H,18,20). The fourth-order valence-corrected chi connectivity index (χ4v) is 2.48. The third-order valence-electron chi connectivity index (χ3n) is 3.50. The van der Waals surface area contributed by atoms with Crippen molar-refractivity contribution in [3.05, 3.63) is 47.4 Å². The summed E-state index contributed by atoms with van der Waals surface area (Å²) in [7, 11) is 0. The Morgan fingerprint density at radius 1 is 1.14 bits per heavy atom. The van der Waals surface area contributed by atoms with Crippen molar-refractivity contribution in [1.82, 2.24) is 9.97 Å². The lowest BCUT2D eigenvalue weighted by atomic mass is 10.1. The molecule has 2 aromatic heterocycles. The normalized spacial score (nSPS) is 12.5. The number of anilines is 2. The van der Waals surface area contributed by atoms with Gasteiger partial charge in [0.25, 0.3) is 0 Å². The molecule has 0 spiro atoms. The van der Waals surface area contributed by atoms with Gasteiger partial charge in [0.1, 0.15) is 11.5 Å². The maximum Gasteiger partial charge on any atom is 0.170 e. The van der Waals surface area contributed by atoms with Gasteiger partial charge >= 0.3 is 0 Å². The number of aromatic nitrogens is 2. The third-order valence-corrected chi connectivity index (χ3v) is 3.50. The Morgan fingerprint density at radius 3 is 2.43 bits per heavy atom. The molecule has 0 radical (unpaired) electrons. The molecule has 0 aliphatic heterocycles. The van der Waals surface area contributed by atoms with Gasteiger partial charge in [0.2, 0.25) is 0 Å². The summed E-state index contributed by atoms with van der Waals surface area (Å²) in [4.78, 5) is 8.93. The van der Waals surface area contributed by atoms with Gasteiger partial charge in [-0.15, -0.1) is 0 Å². The molecule has 0 bridgehead atoms. The SMILES string of the molecule is Cc1cc(C(C)Nc2nc3ccccc3nc2N)c(C)o1. The summed E-state index contributed by atoms with van der Waals surface area (Å²) in [5.41, 5.74) is 8.71. The van der Waals surface area contributed by atoms with Gasteiger partial charge in [0.15, 0.2) is 11.6 Å². The summed E-state index contributed by atoms with van der Waals surface area (Å²) in [6.07, 6.45) is 0. The maximum absolute atomic E-state index is 6.00. The summed E-state index contributed by atoms with van der Waals surface area (Å²) in [6.45, 7) is 5.94. The lowest BCUT2D eigenvalue weighted by molar-refractivity contribution is 0.500. The minimum atomic E-state index is 0.0419. The molecule has 5 heteroatoms. The van der Waals surface area contributed by atoms with Crippen molar-refractivity contribution < 1.29 is 4.42 Å². The number of hydrogen-bond donors (Lipinski definition) is 2. The molecule has 0 amide bonds. The first kappa shape index (κ1) is 13.4. The first-order valence-corrected chi connectivity index (χ1v) is 6.90. The minimum absolute atomic E-state index is 0.0419. The fourth-order valence-electron chi connectivity index (χ4n) is 2.48. The lowest BCUT2D eigenvalue weighted by Gasteiger charge is -2.15. The van der Waals surface area contributed by atoms with Crippen LogP contribution in [-0.4, -0.2) is 9.97 Å². The Hall–Kier alpha value is -2.56. The van der Waals surface area contributed by atoms with Crippen molar-refractivity contribution in [1.29, 1.82) is 0 Å². The number of nitrogens with zero attached hydrogens (tertiary/aromatic N) is 2. The van der Waals surface area contributed by atoms with E-state index in [4.69, 9.17) is 10.2 Å². The number of aryl methyl sites for hydroxylation is 2. The molecule has 3 rings (SSSR count). The molecule has 5 nitrogen and oxygen atoms in total. The van der Waals surface area contributed by atoms with Crippen LogP contribution in [0.5, 0.6) is 0 Å². The van der Waals surface area contributed by atoms with E-state index in [1.807, 2.05) is 51.1 Å². The smallest absolute Gasteiger partial charge is 0.170 e. The number of benzene rings is 1. The second-order valence-corrected chi connectivity index (χ2v) is 5.18. The quantitative estimate of drug-likeness (QED) is 0.767. The molecule has 1 unspecified atom stereocenters. The van der Waals surface area contributed by atoms with E-state index >= 15 is 0 Å². The van der Waals surface area contributed by atoms with Crippen molar-refractivity contribution >= 4 is 22.7 Å². The van der Waals surface area contributed by atoms with Crippen LogP contribution in [0.3, 0.4) is 0 Å². The zero-order valence-electron chi connectivity index (χ0n) is 12.3. The van der Waals surface area contributed by atoms with Crippen LogP contribution in [0.2, 0.25) is 0 Å². The van der Waals surface area contributed by atoms with Crippen LogP contribution >= 0.6 is 0 Å². The topological polar surface area (TPSA) is 77.0 Å². The highest BCUT2D eigenvalue weighted by Crippen LogP contribution is 2.27. The molecular weight excluding hydrogens is 264 g/mol. The molecule has 108 valence electrons. The van der Waals surface area contributed by atoms with Crippen molar-refractivity contribution in [2.24, 2.45) is 0 Å². The van der Waals surface area contributed by atoms with Gasteiger partial charge in [0.05, 0.1) is 17.1 Å². The average molecular weight is 282 g/mol. The van der Waals surface area contributed by atoms with Gasteiger partial charge in [-0.3, -0.25) is 0 Å². The van der Waals surface area contributed by atoms with Crippen LogP contribution in [0.4, 0.5) is 11.6 Å². The van der Waals surface area contributed by atoms with Crippen LogP contribution in [-0.2, 0) is 0 Å². The molecule has 0 saturated heterocycles. The number of furan rings is 1. The van der Waals surface area contributed by atoms with E-state index in [1.54, 1.807) is 0 Å². The van der Waals surface area contributed by atoms with Gasteiger partial charge in [-0.1, -0.05) is 12.1 Å². The minimum Gasteiger partial charge on any atom is -0.466 e. The summed E-state index contributed by atoms with van der Waals surface area (Å²) in [5.74, 6) is 2.80. The largest absolute Gasteiger partial charge is 0.466 e. The van der Waals surface area contributed by atoms with Crippen LogP contribution < -0.4 is 11.1 Å². The number of fused-ring (bicyclic) bond motifs is 1. The van der Waals surface area contributed by atoms with E-state index in [0.29, 0.717) is 11.6 Å². The molecular formula is C16H18N4O. The van der Waals surface area contributed by atoms with E-state index < -0.39 is 0 Å². The van der Waals surface area contributed by atoms with Gasteiger partial charge < -0.3 is 15.5 Å². The molecule has 3 aromatic rings. The number of hydrogen-bond acceptors (Lipinski definition) is 5. The molecule has 0 saturated carbocycles. The zero-order chi connectivity index (χ0) is 15.0. The molecule has 0 aliphatic carbocycles. The van der Waals surface area contributed by atoms with Gasteiger partial charge in [0, 0.05) is 5.56 Å². The number of nitrogen functional groups attached to an aromatic ring is 1. The van der Waals surface area contributed by atoms with E-state index in [-0.39, 0.29) is 6.04 Å². The molecule has 3 N–H and O–H groups in total. The average Bonchev–Trinajstić information content (AvgIpc) is 2.78. The van der Waals surface area contributed by atoms with E-state index in [1.165, 1.54) is 0 Å². The Labute approximate surface area is 123 Å². The van der Waals surface area contributed by atoms with Crippen molar-refractivity contribution in [3.63, 3.8) is 0 Å². The Morgan fingerprint density at radius 2 is 1.81 bits per heavy atom. The van der Waals surface area contributed by atoms with E-state index in [9.17, 15) is 0 Å². The molecule has 2 heterocycles. The second kappa shape index (κ2) is 5.09.